The zero-order valence-corrected chi connectivity index (χ0v) is 11.4. The molecule has 1 saturated heterocycles. The lowest BCUT2D eigenvalue weighted by atomic mass is 9.75. The molecule has 0 radical (unpaired) electrons. The third-order valence-corrected chi connectivity index (χ3v) is 3.82. The molecule has 100 valence electrons. The molecule has 0 saturated carbocycles. The molecule has 0 spiro atoms. The van der Waals surface area contributed by atoms with Gasteiger partial charge in [-0.2, -0.15) is 0 Å². The predicted molar refractivity (Wildman–Crippen MR) is 64.8 cm³/mol. The zero-order chi connectivity index (χ0) is 13.4. The summed E-state index contributed by atoms with van der Waals surface area (Å²) in [5, 5.41) is 19.3. The van der Waals surface area contributed by atoms with Gasteiger partial charge in [-0.15, -0.1) is 0 Å². The number of aliphatic hydroxyl groups excluding tert-OH is 1. The second-order valence-electron chi connectivity index (χ2n) is 6.14. The monoisotopic (exact) mass is 244 g/mol. The number of carbonyl (C=O) groups is 1. The van der Waals surface area contributed by atoms with E-state index in [0.29, 0.717) is 12.8 Å². The molecule has 0 aromatic carbocycles. The lowest BCUT2D eigenvalue weighted by Crippen LogP contribution is -2.57. The molecule has 0 aromatic heterocycles. The molecule has 1 rings (SSSR count). The molecule has 1 heterocycles. The topological polar surface area (TPSA) is 66.8 Å². The van der Waals surface area contributed by atoms with Crippen molar-refractivity contribution in [3.8, 4) is 0 Å². The second-order valence-corrected chi connectivity index (χ2v) is 6.14. The van der Waals surface area contributed by atoms with Gasteiger partial charge in [0.2, 0.25) is 0 Å². The summed E-state index contributed by atoms with van der Waals surface area (Å²) >= 11 is 0. The largest absolute Gasteiger partial charge is 0.481 e. The van der Waals surface area contributed by atoms with Crippen LogP contribution in [0.4, 0.5) is 0 Å². The van der Waals surface area contributed by atoms with Crippen LogP contribution in [0.3, 0.4) is 0 Å². The zero-order valence-electron chi connectivity index (χ0n) is 11.4. The van der Waals surface area contributed by atoms with E-state index in [1.165, 1.54) is 0 Å². The van der Waals surface area contributed by atoms with Crippen molar-refractivity contribution >= 4 is 5.97 Å². The van der Waals surface area contributed by atoms with Gasteiger partial charge in [0.15, 0.2) is 0 Å². The predicted octanol–water partition coefficient (Wildman–Crippen LogP) is 2.05. The van der Waals surface area contributed by atoms with Crippen LogP contribution in [0.1, 0.15) is 47.5 Å². The normalized spacial score (nSPS) is 34.6. The number of rotatable bonds is 3. The Balaban J connectivity index is 2.88. The molecule has 0 bridgehead atoms. The van der Waals surface area contributed by atoms with E-state index < -0.39 is 29.2 Å². The maximum atomic E-state index is 11.1. The van der Waals surface area contributed by atoms with Crippen LogP contribution in [-0.2, 0) is 9.53 Å². The lowest BCUT2D eigenvalue weighted by molar-refractivity contribution is -0.238. The molecule has 2 N–H and O–H groups in total. The van der Waals surface area contributed by atoms with E-state index in [-0.39, 0.29) is 5.92 Å². The van der Waals surface area contributed by atoms with Crippen LogP contribution in [0, 0.1) is 11.8 Å². The van der Waals surface area contributed by atoms with Gasteiger partial charge in [0.05, 0.1) is 23.2 Å². The van der Waals surface area contributed by atoms with E-state index in [2.05, 4.69) is 0 Å². The van der Waals surface area contributed by atoms with Crippen molar-refractivity contribution in [2.75, 3.05) is 0 Å². The first-order chi connectivity index (χ1) is 7.60. The van der Waals surface area contributed by atoms with Crippen LogP contribution >= 0.6 is 0 Å². The highest BCUT2D eigenvalue weighted by Crippen LogP contribution is 2.42. The number of aliphatic carboxylic acids is 1. The summed E-state index contributed by atoms with van der Waals surface area (Å²) in [6.07, 6.45) is 0.548. The Labute approximate surface area is 103 Å². The number of carboxylic acid groups (broad SMARTS) is 1. The van der Waals surface area contributed by atoms with Gasteiger partial charge in [0.1, 0.15) is 0 Å². The van der Waals surface area contributed by atoms with Crippen molar-refractivity contribution in [3.63, 3.8) is 0 Å². The van der Waals surface area contributed by atoms with Crippen LogP contribution < -0.4 is 0 Å². The molecule has 4 nitrogen and oxygen atoms in total. The Hall–Kier alpha value is -0.610. The number of hydrogen-bond acceptors (Lipinski definition) is 3. The average Bonchev–Trinajstić information content (AvgIpc) is 2.13. The Morgan fingerprint density at radius 3 is 2.24 bits per heavy atom. The van der Waals surface area contributed by atoms with Crippen molar-refractivity contribution in [1.29, 1.82) is 0 Å². The van der Waals surface area contributed by atoms with E-state index in [9.17, 15) is 9.90 Å². The average molecular weight is 244 g/mol. The molecule has 0 aliphatic carbocycles. The fourth-order valence-corrected chi connectivity index (χ4v) is 2.84. The van der Waals surface area contributed by atoms with Gasteiger partial charge in [-0.25, -0.2) is 0 Å². The second kappa shape index (κ2) is 4.58. The smallest absolute Gasteiger partial charge is 0.309 e. The Bertz CT molecular complexity index is 298. The summed E-state index contributed by atoms with van der Waals surface area (Å²) in [4.78, 5) is 11.1. The number of carboxylic acids is 1. The fourth-order valence-electron chi connectivity index (χ4n) is 2.84. The van der Waals surface area contributed by atoms with Gasteiger partial charge in [-0.3, -0.25) is 4.79 Å². The van der Waals surface area contributed by atoms with E-state index in [0.717, 1.165) is 0 Å². The molecule has 1 aliphatic rings. The van der Waals surface area contributed by atoms with E-state index in [4.69, 9.17) is 9.84 Å². The maximum Gasteiger partial charge on any atom is 0.309 e. The first-order valence-corrected chi connectivity index (χ1v) is 6.21. The molecule has 0 amide bonds. The number of hydrogen-bond donors (Lipinski definition) is 2. The van der Waals surface area contributed by atoms with Crippen LogP contribution in [0.2, 0.25) is 0 Å². The van der Waals surface area contributed by atoms with Gasteiger partial charge in [0, 0.05) is 0 Å². The quantitative estimate of drug-likeness (QED) is 0.797. The van der Waals surface area contributed by atoms with Crippen molar-refractivity contribution in [1.82, 2.24) is 0 Å². The minimum absolute atomic E-state index is 0.0946. The van der Waals surface area contributed by atoms with Crippen LogP contribution in [0.5, 0.6) is 0 Å². The molecule has 1 aliphatic heterocycles. The fraction of sp³-hybridized carbons (Fsp3) is 0.923. The maximum absolute atomic E-state index is 11.1. The van der Waals surface area contributed by atoms with Gasteiger partial charge in [-0.05, 0) is 39.5 Å². The minimum atomic E-state index is -0.823. The number of aliphatic hydroxyl groups is 1. The van der Waals surface area contributed by atoms with E-state index in [1.807, 2.05) is 20.8 Å². The SMILES string of the molecule is CC(C)C(O)C1(C)CCC(C(=O)O)C(C)(C)O1. The highest BCUT2D eigenvalue weighted by Gasteiger charge is 2.50. The molecular formula is C13H24O4. The van der Waals surface area contributed by atoms with Crippen molar-refractivity contribution in [2.24, 2.45) is 11.8 Å². The molecule has 4 heteroatoms. The lowest BCUT2D eigenvalue weighted by Gasteiger charge is -2.49. The first-order valence-electron chi connectivity index (χ1n) is 6.21. The third kappa shape index (κ3) is 2.80. The van der Waals surface area contributed by atoms with Gasteiger partial charge in [-0.1, -0.05) is 13.8 Å². The summed E-state index contributed by atoms with van der Waals surface area (Å²) in [6, 6.07) is 0. The third-order valence-electron chi connectivity index (χ3n) is 3.82. The van der Waals surface area contributed by atoms with Gasteiger partial charge in [0.25, 0.3) is 0 Å². The standard InChI is InChI=1S/C13H24O4/c1-8(2)10(14)13(5)7-6-9(11(15)16)12(3,4)17-13/h8-10,14H,6-7H2,1-5H3,(H,15,16). The summed E-state index contributed by atoms with van der Waals surface area (Å²) in [5.74, 6) is -1.23. The Morgan fingerprint density at radius 1 is 1.35 bits per heavy atom. The van der Waals surface area contributed by atoms with E-state index >= 15 is 0 Å². The van der Waals surface area contributed by atoms with Crippen LogP contribution in [0.15, 0.2) is 0 Å². The van der Waals surface area contributed by atoms with Crippen molar-refractivity contribution in [3.05, 3.63) is 0 Å². The van der Waals surface area contributed by atoms with E-state index in [1.54, 1.807) is 13.8 Å². The van der Waals surface area contributed by atoms with Crippen LogP contribution in [0.25, 0.3) is 0 Å². The Morgan fingerprint density at radius 2 is 1.88 bits per heavy atom. The Kier molecular flexibility index (Phi) is 3.89. The minimum Gasteiger partial charge on any atom is -0.481 e. The number of ether oxygens (including phenoxy) is 1. The molecular weight excluding hydrogens is 220 g/mol. The van der Waals surface area contributed by atoms with Gasteiger partial charge >= 0.3 is 5.97 Å². The highest BCUT2D eigenvalue weighted by molar-refractivity contribution is 5.71. The summed E-state index contributed by atoms with van der Waals surface area (Å²) in [7, 11) is 0. The molecule has 3 atom stereocenters. The van der Waals surface area contributed by atoms with Crippen LogP contribution in [-0.4, -0.2) is 33.5 Å². The van der Waals surface area contributed by atoms with Crippen molar-refractivity contribution in [2.45, 2.75) is 64.8 Å². The molecule has 1 fully saturated rings. The summed E-state index contributed by atoms with van der Waals surface area (Å²) in [5.41, 5.74) is -1.39. The highest BCUT2D eigenvalue weighted by atomic mass is 16.5. The first kappa shape index (κ1) is 14.5. The molecule has 3 unspecified atom stereocenters. The summed E-state index contributed by atoms with van der Waals surface area (Å²) in [6.45, 7) is 9.33. The summed E-state index contributed by atoms with van der Waals surface area (Å²) < 4.78 is 5.93. The van der Waals surface area contributed by atoms with Gasteiger partial charge < -0.3 is 14.9 Å². The van der Waals surface area contributed by atoms with Crippen molar-refractivity contribution < 1.29 is 19.7 Å². The molecule has 17 heavy (non-hydrogen) atoms. The molecule has 0 aromatic rings.